The lowest BCUT2D eigenvalue weighted by molar-refractivity contribution is 0.102. The number of rotatable bonds is 3. The van der Waals surface area contributed by atoms with Crippen LogP contribution in [0.4, 0.5) is 5.69 Å². The van der Waals surface area contributed by atoms with Gasteiger partial charge < -0.3 is 5.32 Å². The van der Waals surface area contributed by atoms with Gasteiger partial charge in [-0.15, -0.1) is 0 Å². The third-order valence-electron chi connectivity index (χ3n) is 4.91. The van der Waals surface area contributed by atoms with E-state index in [-0.39, 0.29) is 5.91 Å². The molecule has 3 aromatic carbocycles. The third-order valence-corrected chi connectivity index (χ3v) is 5.44. The van der Waals surface area contributed by atoms with E-state index >= 15 is 0 Å². The van der Waals surface area contributed by atoms with Gasteiger partial charge >= 0.3 is 0 Å². The van der Waals surface area contributed by atoms with Crippen molar-refractivity contribution in [2.24, 2.45) is 0 Å². The van der Waals surface area contributed by atoms with Crippen LogP contribution in [0.3, 0.4) is 0 Å². The standard InChI is InChI=1S/C25H21BrN2O/c1-15-5-4-6-20(12-15)27-25(29)22-14-23(18-7-9-19(26)10-8-18)28-24-17(3)11-16(2)13-21(22)24/h4-14H,1-3H3,(H,27,29). The van der Waals surface area contributed by atoms with Crippen molar-refractivity contribution in [3.63, 3.8) is 0 Å². The lowest BCUT2D eigenvalue weighted by Gasteiger charge is -2.13. The summed E-state index contributed by atoms with van der Waals surface area (Å²) >= 11 is 3.47. The maximum Gasteiger partial charge on any atom is 0.256 e. The highest BCUT2D eigenvalue weighted by molar-refractivity contribution is 9.10. The van der Waals surface area contributed by atoms with Crippen LogP contribution in [-0.2, 0) is 0 Å². The summed E-state index contributed by atoms with van der Waals surface area (Å²) in [5, 5.41) is 3.91. The van der Waals surface area contributed by atoms with E-state index in [1.165, 1.54) is 0 Å². The van der Waals surface area contributed by atoms with Gasteiger partial charge in [0.1, 0.15) is 0 Å². The zero-order valence-corrected chi connectivity index (χ0v) is 18.2. The fraction of sp³-hybridized carbons (Fsp3) is 0.120. The largest absolute Gasteiger partial charge is 0.322 e. The van der Waals surface area contributed by atoms with Crippen molar-refractivity contribution < 1.29 is 4.79 Å². The van der Waals surface area contributed by atoms with Crippen LogP contribution < -0.4 is 5.32 Å². The van der Waals surface area contributed by atoms with Crippen molar-refractivity contribution in [1.82, 2.24) is 4.98 Å². The first-order valence-electron chi connectivity index (χ1n) is 9.47. The van der Waals surface area contributed by atoms with Crippen LogP contribution in [-0.4, -0.2) is 10.9 Å². The second kappa shape index (κ2) is 7.80. The van der Waals surface area contributed by atoms with Gasteiger partial charge in [0, 0.05) is 21.1 Å². The summed E-state index contributed by atoms with van der Waals surface area (Å²) in [6.07, 6.45) is 0. The molecule has 1 aromatic heterocycles. The van der Waals surface area contributed by atoms with Gasteiger partial charge in [-0.2, -0.15) is 0 Å². The first-order chi connectivity index (χ1) is 13.9. The van der Waals surface area contributed by atoms with Crippen LogP contribution in [0.2, 0.25) is 0 Å². The summed E-state index contributed by atoms with van der Waals surface area (Å²) in [4.78, 5) is 18.1. The molecule has 29 heavy (non-hydrogen) atoms. The molecular formula is C25H21BrN2O. The molecule has 0 radical (unpaired) electrons. The molecule has 4 aromatic rings. The average Bonchev–Trinajstić information content (AvgIpc) is 2.68. The smallest absolute Gasteiger partial charge is 0.256 e. The minimum Gasteiger partial charge on any atom is -0.322 e. The number of aryl methyl sites for hydroxylation is 3. The van der Waals surface area contributed by atoms with Gasteiger partial charge in [-0.1, -0.05) is 51.8 Å². The summed E-state index contributed by atoms with van der Waals surface area (Å²) in [5.41, 5.74) is 7.29. The summed E-state index contributed by atoms with van der Waals surface area (Å²) < 4.78 is 1.01. The van der Waals surface area contributed by atoms with E-state index in [4.69, 9.17) is 4.98 Å². The number of amides is 1. The molecule has 4 heteroatoms. The van der Waals surface area contributed by atoms with Gasteiger partial charge in [0.2, 0.25) is 0 Å². The monoisotopic (exact) mass is 444 g/mol. The van der Waals surface area contributed by atoms with Crippen LogP contribution in [0.15, 0.2) is 71.2 Å². The van der Waals surface area contributed by atoms with Gasteiger partial charge in [0.25, 0.3) is 5.91 Å². The fourth-order valence-corrected chi connectivity index (χ4v) is 3.82. The third kappa shape index (κ3) is 4.08. The lowest BCUT2D eigenvalue weighted by Crippen LogP contribution is -2.13. The van der Waals surface area contributed by atoms with E-state index in [1.54, 1.807) is 0 Å². The molecule has 1 heterocycles. The molecule has 0 unspecified atom stereocenters. The molecule has 1 amide bonds. The first kappa shape index (κ1) is 19.3. The molecule has 3 nitrogen and oxygen atoms in total. The molecule has 4 rings (SSSR count). The minimum absolute atomic E-state index is 0.133. The Morgan fingerprint density at radius 2 is 1.66 bits per heavy atom. The van der Waals surface area contributed by atoms with Gasteiger partial charge in [0.05, 0.1) is 16.8 Å². The van der Waals surface area contributed by atoms with Crippen molar-refractivity contribution >= 4 is 38.4 Å². The Morgan fingerprint density at radius 1 is 0.897 bits per heavy atom. The molecule has 0 aliphatic heterocycles. The van der Waals surface area contributed by atoms with Gasteiger partial charge in [-0.3, -0.25) is 4.79 Å². The molecule has 0 aliphatic carbocycles. The molecule has 0 saturated carbocycles. The summed E-state index contributed by atoms with van der Waals surface area (Å²) in [6.45, 7) is 6.09. The normalized spacial score (nSPS) is 10.9. The molecule has 1 N–H and O–H groups in total. The second-order valence-electron chi connectivity index (χ2n) is 7.36. The van der Waals surface area contributed by atoms with E-state index in [9.17, 15) is 4.79 Å². The molecule has 0 bridgehead atoms. The Kier molecular flexibility index (Phi) is 5.20. The van der Waals surface area contributed by atoms with E-state index < -0.39 is 0 Å². The number of hydrogen-bond acceptors (Lipinski definition) is 2. The fourth-order valence-electron chi connectivity index (χ4n) is 3.56. The lowest BCUT2D eigenvalue weighted by atomic mass is 9.99. The topological polar surface area (TPSA) is 42.0 Å². The summed E-state index contributed by atoms with van der Waals surface area (Å²) in [6, 6.07) is 21.8. The van der Waals surface area contributed by atoms with Crippen molar-refractivity contribution in [3.05, 3.63) is 93.5 Å². The Morgan fingerprint density at radius 3 is 2.38 bits per heavy atom. The molecule has 0 atom stereocenters. The number of nitrogens with one attached hydrogen (secondary N) is 1. The van der Waals surface area contributed by atoms with E-state index in [2.05, 4.69) is 27.3 Å². The number of hydrogen-bond donors (Lipinski definition) is 1. The van der Waals surface area contributed by atoms with Crippen molar-refractivity contribution in [1.29, 1.82) is 0 Å². The van der Waals surface area contributed by atoms with Crippen LogP contribution >= 0.6 is 15.9 Å². The van der Waals surface area contributed by atoms with Crippen LogP contribution in [0.25, 0.3) is 22.2 Å². The quantitative estimate of drug-likeness (QED) is 0.375. The van der Waals surface area contributed by atoms with Crippen molar-refractivity contribution in [2.45, 2.75) is 20.8 Å². The van der Waals surface area contributed by atoms with E-state index in [0.29, 0.717) is 5.56 Å². The number of aromatic nitrogens is 1. The molecule has 0 fully saturated rings. The van der Waals surface area contributed by atoms with E-state index in [0.717, 1.165) is 49.0 Å². The van der Waals surface area contributed by atoms with Crippen molar-refractivity contribution in [2.75, 3.05) is 5.32 Å². The SMILES string of the molecule is Cc1cccc(NC(=O)c2cc(-c3ccc(Br)cc3)nc3c(C)cc(C)cc23)c1. The van der Waals surface area contributed by atoms with Gasteiger partial charge in [-0.25, -0.2) is 4.98 Å². The van der Waals surface area contributed by atoms with Crippen LogP contribution in [0, 0.1) is 20.8 Å². The predicted molar refractivity (Wildman–Crippen MR) is 123 cm³/mol. The molecule has 144 valence electrons. The maximum atomic E-state index is 13.3. The Bertz CT molecular complexity index is 1230. The van der Waals surface area contributed by atoms with Crippen molar-refractivity contribution in [3.8, 4) is 11.3 Å². The highest BCUT2D eigenvalue weighted by atomic mass is 79.9. The highest BCUT2D eigenvalue weighted by Gasteiger charge is 2.16. The predicted octanol–water partition coefficient (Wildman–Crippen LogP) is 6.84. The Hall–Kier alpha value is -2.98. The minimum atomic E-state index is -0.133. The summed E-state index contributed by atoms with van der Waals surface area (Å²) in [7, 11) is 0. The first-order valence-corrected chi connectivity index (χ1v) is 10.3. The maximum absolute atomic E-state index is 13.3. The zero-order valence-electron chi connectivity index (χ0n) is 16.6. The summed E-state index contributed by atoms with van der Waals surface area (Å²) in [5.74, 6) is -0.133. The number of pyridine rings is 1. The number of carbonyl (C=O) groups is 1. The number of anilines is 1. The number of benzene rings is 3. The number of fused-ring (bicyclic) bond motifs is 1. The Labute approximate surface area is 178 Å². The Balaban J connectivity index is 1.88. The molecular weight excluding hydrogens is 424 g/mol. The molecule has 0 spiro atoms. The number of carbonyl (C=O) groups excluding carboxylic acids is 1. The molecule has 0 saturated heterocycles. The van der Waals surface area contributed by atoms with Crippen LogP contribution in [0.5, 0.6) is 0 Å². The second-order valence-corrected chi connectivity index (χ2v) is 8.28. The van der Waals surface area contributed by atoms with Crippen LogP contribution in [0.1, 0.15) is 27.0 Å². The average molecular weight is 445 g/mol. The number of halogens is 1. The van der Waals surface area contributed by atoms with Gasteiger partial charge in [0.15, 0.2) is 0 Å². The number of nitrogens with zero attached hydrogens (tertiary/aromatic N) is 1. The molecule has 0 aliphatic rings. The highest BCUT2D eigenvalue weighted by Crippen LogP contribution is 2.29. The van der Waals surface area contributed by atoms with Gasteiger partial charge in [-0.05, 0) is 68.3 Å². The zero-order chi connectivity index (χ0) is 20.5. The van der Waals surface area contributed by atoms with E-state index in [1.807, 2.05) is 81.4 Å².